The van der Waals surface area contributed by atoms with Crippen molar-refractivity contribution in [3.8, 4) is 0 Å². The van der Waals surface area contributed by atoms with Crippen LogP contribution in [0.3, 0.4) is 0 Å². The zero-order valence-corrected chi connectivity index (χ0v) is 10.9. The Morgan fingerprint density at radius 3 is 2.29 bits per heavy atom. The van der Waals surface area contributed by atoms with Gasteiger partial charge in [0.1, 0.15) is 0 Å². The van der Waals surface area contributed by atoms with Gasteiger partial charge in [0.05, 0.1) is 6.10 Å². The zero-order chi connectivity index (χ0) is 12.3. The summed E-state index contributed by atoms with van der Waals surface area (Å²) in [5, 5.41) is 10.2. The monoisotopic (exact) mass is 233 g/mol. The Kier molecular flexibility index (Phi) is 4.19. The molecule has 2 heteroatoms. The number of nitrogens with zero attached hydrogens (tertiary/aromatic N) is 1. The van der Waals surface area contributed by atoms with Gasteiger partial charge in [0.15, 0.2) is 0 Å². The van der Waals surface area contributed by atoms with Crippen LogP contribution in [0, 0.1) is 13.8 Å². The number of hydrogen-bond donors (Lipinski definition) is 1. The molecule has 1 N–H and O–H groups in total. The number of rotatable bonds is 4. The first-order valence-corrected chi connectivity index (χ1v) is 6.64. The molecule has 0 saturated carbocycles. The van der Waals surface area contributed by atoms with E-state index in [2.05, 4.69) is 36.9 Å². The highest BCUT2D eigenvalue weighted by Crippen LogP contribution is 2.21. The molecule has 0 aromatic heterocycles. The van der Waals surface area contributed by atoms with Crippen LogP contribution in [0.5, 0.6) is 0 Å². The average Bonchev–Trinajstić information content (AvgIpc) is 2.77. The summed E-state index contributed by atoms with van der Waals surface area (Å²) in [5.41, 5.74) is 3.54. The molecule has 1 aromatic carbocycles. The molecular weight excluding hydrogens is 210 g/mol. The Morgan fingerprint density at radius 1 is 1.12 bits per heavy atom. The molecule has 2 rings (SSSR count). The topological polar surface area (TPSA) is 23.5 Å². The van der Waals surface area contributed by atoms with E-state index in [1.807, 2.05) is 0 Å². The Bertz CT molecular complexity index is 349. The Hall–Kier alpha value is -0.860. The number of aryl methyl sites for hydroxylation is 2. The predicted octanol–water partition coefficient (Wildman–Crippen LogP) is 2.82. The molecule has 0 bridgehead atoms. The average molecular weight is 233 g/mol. The van der Waals surface area contributed by atoms with Gasteiger partial charge in [0.2, 0.25) is 0 Å². The summed E-state index contributed by atoms with van der Waals surface area (Å²) in [6.07, 6.45) is 3.18. The Morgan fingerprint density at radius 2 is 1.71 bits per heavy atom. The largest absolute Gasteiger partial charge is 0.388 e. The van der Waals surface area contributed by atoms with Crippen LogP contribution in [0.4, 0.5) is 0 Å². The van der Waals surface area contributed by atoms with E-state index in [1.54, 1.807) is 0 Å². The maximum Gasteiger partial charge on any atom is 0.0802 e. The quantitative estimate of drug-likeness (QED) is 0.864. The second kappa shape index (κ2) is 5.65. The summed E-state index contributed by atoms with van der Waals surface area (Å²) in [7, 11) is 0. The fourth-order valence-electron chi connectivity index (χ4n) is 2.68. The van der Waals surface area contributed by atoms with Crippen LogP contribution < -0.4 is 0 Å². The van der Waals surface area contributed by atoms with Gasteiger partial charge in [-0.3, -0.25) is 0 Å². The molecule has 17 heavy (non-hydrogen) atoms. The minimum atomic E-state index is -0.311. The minimum absolute atomic E-state index is 0.311. The minimum Gasteiger partial charge on any atom is -0.388 e. The van der Waals surface area contributed by atoms with Crippen molar-refractivity contribution in [2.24, 2.45) is 0 Å². The van der Waals surface area contributed by atoms with Gasteiger partial charge in [-0.25, -0.2) is 0 Å². The lowest BCUT2D eigenvalue weighted by Crippen LogP contribution is -2.22. The van der Waals surface area contributed by atoms with E-state index in [4.69, 9.17) is 0 Å². The van der Waals surface area contributed by atoms with E-state index in [0.29, 0.717) is 0 Å². The van der Waals surface area contributed by atoms with Crippen LogP contribution in [0.2, 0.25) is 0 Å². The second-order valence-corrected chi connectivity index (χ2v) is 5.27. The summed E-state index contributed by atoms with van der Waals surface area (Å²) in [6, 6.07) is 6.35. The molecule has 1 unspecified atom stereocenters. The molecule has 2 nitrogen and oxygen atoms in total. The van der Waals surface area contributed by atoms with Crippen molar-refractivity contribution in [2.45, 2.75) is 39.2 Å². The number of aliphatic hydroxyl groups excluding tert-OH is 1. The van der Waals surface area contributed by atoms with Crippen molar-refractivity contribution < 1.29 is 5.11 Å². The van der Waals surface area contributed by atoms with E-state index in [1.165, 1.54) is 37.1 Å². The first-order chi connectivity index (χ1) is 8.15. The molecule has 0 radical (unpaired) electrons. The van der Waals surface area contributed by atoms with E-state index in [9.17, 15) is 5.11 Å². The summed E-state index contributed by atoms with van der Waals surface area (Å²) in [6.45, 7) is 7.61. The van der Waals surface area contributed by atoms with Crippen molar-refractivity contribution >= 4 is 0 Å². The molecule has 1 saturated heterocycles. The molecule has 0 aliphatic carbocycles. The Labute approximate surface area is 104 Å². The van der Waals surface area contributed by atoms with Crippen LogP contribution in [-0.2, 0) is 0 Å². The van der Waals surface area contributed by atoms with E-state index >= 15 is 0 Å². The normalized spacial score (nSPS) is 18.5. The molecule has 0 spiro atoms. The standard InChI is InChI=1S/C15H23NO/c1-12-9-13(2)11-14(10-12)15(17)5-8-16-6-3-4-7-16/h9-11,15,17H,3-8H2,1-2H3. The van der Waals surface area contributed by atoms with Crippen LogP contribution in [0.25, 0.3) is 0 Å². The van der Waals surface area contributed by atoms with Crippen LogP contribution in [0.15, 0.2) is 18.2 Å². The number of hydrogen-bond acceptors (Lipinski definition) is 2. The van der Waals surface area contributed by atoms with Crippen LogP contribution in [0.1, 0.15) is 42.1 Å². The number of benzene rings is 1. The number of likely N-dealkylation sites (tertiary alicyclic amines) is 1. The lowest BCUT2D eigenvalue weighted by Gasteiger charge is -2.18. The lowest BCUT2D eigenvalue weighted by molar-refractivity contribution is 0.149. The smallest absolute Gasteiger partial charge is 0.0802 e. The molecule has 1 aliphatic rings. The summed E-state index contributed by atoms with van der Waals surface area (Å²) < 4.78 is 0. The summed E-state index contributed by atoms with van der Waals surface area (Å²) >= 11 is 0. The van der Waals surface area contributed by atoms with Crippen molar-refractivity contribution in [2.75, 3.05) is 19.6 Å². The van der Waals surface area contributed by atoms with Gasteiger partial charge in [-0.2, -0.15) is 0 Å². The van der Waals surface area contributed by atoms with Crippen molar-refractivity contribution in [3.63, 3.8) is 0 Å². The van der Waals surface area contributed by atoms with Crippen LogP contribution in [-0.4, -0.2) is 29.6 Å². The molecule has 1 heterocycles. The van der Waals surface area contributed by atoms with Crippen LogP contribution >= 0.6 is 0 Å². The fourth-order valence-corrected chi connectivity index (χ4v) is 2.68. The predicted molar refractivity (Wildman–Crippen MR) is 71.2 cm³/mol. The third-order valence-electron chi connectivity index (χ3n) is 3.55. The molecule has 1 fully saturated rings. The van der Waals surface area contributed by atoms with Crippen molar-refractivity contribution in [3.05, 3.63) is 34.9 Å². The van der Waals surface area contributed by atoms with Gasteiger partial charge in [-0.05, 0) is 51.8 Å². The van der Waals surface area contributed by atoms with Gasteiger partial charge < -0.3 is 10.0 Å². The van der Waals surface area contributed by atoms with Gasteiger partial charge >= 0.3 is 0 Å². The van der Waals surface area contributed by atoms with Gasteiger partial charge in [0.25, 0.3) is 0 Å². The molecule has 0 amide bonds. The first-order valence-electron chi connectivity index (χ1n) is 6.64. The summed E-state index contributed by atoms with van der Waals surface area (Å²) in [4.78, 5) is 2.45. The lowest BCUT2D eigenvalue weighted by atomic mass is 10.0. The second-order valence-electron chi connectivity index (χ2n) is 5.27. The van der Waals surface area contributed by atoms with Crippen molar-refractivity contribution in [1.29, 1.82) is 0 Å². The molecule has 1 atom stereocenters. The summed E-state index contributed by atoms with van der Waals surface area (Å²) in [5.74, 6) is 0. The van der Waals surface area contributed by atoms with Gasteiger partial charge in [-0.15, -0.1) is 0 Å². The first kappa shape index (κ1) is 12.6. The molecule has 1 aliphatic heterocycles. The highest BCUT2D eigenvalue weighted by molar-refractivity contribution is 5.29. The van der Waals surface area contributed by atoms with Crippen molar-refractivity contribution in [1.82, 2.24) is 4.90 Å². The molecule has 1 aromatic rings. The van der Waals surface area contributed by atoms with E-state index < -0.39 is 0 Å². The van der Waals surface area contributed by atoms with Gasteiger partial charge in [0, 0.05) is 6.54 Å². The molecule has 94 valence electrons. The highest BCUT2D eigenvalue weighted by atomic mass is 16.3. The van der Waals surface area contributed by atoms with E-state index in [-0.39, 0.29) is 6.10 Å². The molecular formula is C15H23NO. The fraction of sp³-hybridized carbons (Fsp3) is 0.600. The third-order valence-corrected chi connectivity index (χ3v) is 3.55. The Balaban J connectivity index is 1.91. The zero-order valence-electron chi connectivity index (χ0n) is 10.9. The third kappa shape index (κ3) is 3.55. The maximum atomic E-state index is 10.2. The maximum absolute atomic E-state index is 10.2. The number of aliphatic hydroxyl groups is 1. The highest BCUT2D eigenvalue weighted by Gasteiger charge is 2.14. The SMILES string of the molecule is Cc1cc(C)cc(C(O)CCN2CCCC2)c1. The van der Waals surface area contributed by atoms with Gasteiger partial charge in [-0.1, -0.05) is 29.3 Å². The van der Waals surface area contributed by atoms with E-state index in [0.717, 1.165) is 18.5 Å².